The SMILES string of the molecule is CCN1CCN(Cc2cc(C=O)ccc2OC)C(=O)C1=O. The highest BCUT2D eigenvalue weighted by Gasteiger charge is 2.31. The van der Waals surface area contributed by atoms with Gasteiger partial charge in [0.25, 0.3) is 0 Å². The lowest BCUT2D eigenvalue weighted by Gasteiger charge is -2.33. The molecule has 1 heterocycles. The fourth-order valence-corrected chi connectivity index (χ4v) is 2.37. The zero-order valence-electron chi connectivity index (χ0n) is 12.2. The van der Waals surface area contributed by atoms with Crippen LogP contribution in [0.4, 0.5) is 0 Å². The second-order valence-corrected chi connectivity index (χ2v) is 4.80. The maximum atomic E-state index is 12.1. The van der Waals surface area contributed by atoms with Crippen LogP contribution in [0.2, 0.25) is 0 Å². The highest BCUT2D eigenvalue weighted by molar-refractivity contribution is 6.35. The number of nitrogens with zero attached hydrogens (tertiary/aromatic N) is 2. The Morgan fingerprint density at radius 2 is 1.86 bits per heavy atom. The number of carbonyl (C=O) groups is 3. The first-order valence-corrected chi connectivity index (χ1v) is 6.81. The highest BCUT2D eigenvalue weighted by atomic mass is 16.5. The number of piperazine rings is 1. The quantitative estimate of drug-likeness (QED) is 0.591. The molecule has 0 spiro atoms. The van der Waals surface area contributed by atoms with Crippen LogP contribution in [0.3, 0.4) is 0 Å². The summed E-state index contributed by atoms with van der Waals surface area (Å²) in [7, 11) is 1.53. The average Bonchev–Trinajstić information content (AvgIpc) is 2.52. The van der Waals surface area contributed by atoms with Gasteiger partial charge in [-0.15, -0.1) is 0 Å². The summed E-state index contributed by atoms with van der Waals surface area (Å²) in [6, 6.07) is 5.01. The Balaban J connectivity index is 2.20. The van der Waals surface area contributed by atoms with Gasteiger partial charge in [0.2, 0.25) is 0 Å². The Labute approximate surface area is 123 Å². The van der Waals surface area contributed by atoms with Gasteiger partial charge in [0.05, 0.1) is 7.11 Å². The maximum Gasteiger partial charge on any atom is 0.312 e. The minimum atomic E-state index is -0.512. The van der Waals surface area contributed by atoms with Gasteiger partial charge in [-0.3, -0.25) is 14.4 Å². The van der Waals surface area contributed by atoms with Crippen molar-refractivity contribution in [3.05, 3.63) is 29.3 Å². The van der Waals surface area contributed by atoms with Crippen LogP contribution in [0, 0.1) is 0 Å². The van der Waals surface area contributed by atoms with Crippen LogP contribution in [0.5, 0.6) is 5.75 Å². The third-order valence-corrected chi connectivity index (χ3v) is 3.58. The molecule has 0 N–H and O–H groups in total. The van der Waals surface area contributed by atoms with Crippen molar-refractivity contribution in [2.45, 2.75) is 13.5 Å². The number of benzene rings is 1. The van der Waals surface area contributed by atoms with Crippen LogP contribution in [0.1, 0.15) is 22.8 Å². The average molecular weight is 290 g/mol. The third-order valence-electron chi connectivity index (χ3n) is 3.58. The lowest BCUT2D eigenvalue weighted by molar-refractivity contribution is -0.156. The zero-order valence-corrected chi connectivity index (χ0v) is 12.2. The van der Waals surface area contributed by atoms with E-state index in [9.17, 15) is 14.4 Å². The van der Waals surface area contributed by atoms with Gasteiger partial charge in [-0.05, 0) is 25.1 Å². The minimum Gasteiger partial charge on any atom is -0.496 e. The Kier molecular flexibility index (Phi) is 4.57. The summed E-state index contributed by atoms with van der Waals surface area (Å²) in [5, 5.41) is 0. The van der Waals surface area contributed by atoms with Crippen LogP contribution in [0.25, 0.3) is 0 Å². The first-order valence-electron chi connectivity index (χ1n) is 6.81. The summed E-state index contributed by atoms with van der Waals surface area (Å²) in [5.74, 6) is -0.394. The number of amides is 2. The predicted octanol–water partition coefficient (Wildman–Crippen LogP) is 0.698. The molecule has 1 aromatic carbocycles. The number of ether oxygens (including phenoxy) is 1. The van der Waals surface area contributed by atoms with Gasteiger partial charge in [-0.2, -0.15) is 0 Å². The molecule has 112 valence electrons. The van der Waals surface area contributed by atoms with E-state index in [-0.39, 0.29) is 6.54 Å². The van der Waals surface area contributed by atoms with Crippen LogP contribution in [-0.2, 0) is 16.1 Å². The van der Waals surface area contributed by atoms with E-state index in [2.05, 4.69) is 0 Å². The molecule has 0 aliphatic carbocycles. The number of likely N-dealkylation sites (N-methyl/N-ethyl adjacent to an activating group) is 1. The van der Waals surface area contributed by atoms with Crippen molar-refractivity contribution >= 4 is 18.1 Å². The van der Waals surface area contributed by atoms with E-state index >= 15 is 0 Å². The van der Waals surface area contributed by atoms with Gasteiger partial charge in [0.15, 0.2) is 0 Å². The van der Waals surface area contributed by atoms with Crippen molar-refractivity contribution in [1.82, 2.24) is 9.80 Å². The normalized spacial score (nSPS) is 15.3. The van der Waals surface area contributed by atoms with Crippen LogP contribution < -0.4 is 4.74 Å². The molecule has 0 radical (unpaired) electrons. The molecule has 1 aliphatic heterocycles. The monoisotopic (exact) mass is 290 g/mol. The Hall–Kier alpha value is -2.37. The number of carbonyl (C=O) groups excluding carboxylic acids is 3. The minimum absolute atomic E-state index is 0.257. The molecule has 0 saturated carbocycles. The molecule has 6 nitrogen and oxygen atoms in total. The van der Waals surface area contributed by atoms with Crippen LogP contribution in [-0.4, -0.2) is 54.6 Å². The van der Waals surface area contributed by atoms with Gasteiger partial charge >= 0.3 is 11.8 Å². The molecule has 1 saturated heterocycles. The van der Waals surface area contributed by atoms with E-state index < -0.39 is 11.8 Å². The molecule has 6 heteroatoms. The van der Waals surface area contributed by atoms with Gasteiger partial charge in [0.1, 0.15) is 12.0 Å². The first-order chi connectivity index (χ1) is 10.1. The zero-order chi connectivity index (χ0) is 15.4. The van der Waals surface area contributed by atoms with E-state index in [1.54, 1.807) is 18.2 Å². The summed E-state index contributed by atoms with van der Waals surface area (Å²) in [6.45, 7) is 3.64. The maximum absolute atomic E-state index is 12.1. The lowest BCUT2D eigenvalue weighted by atomic mass is 10.1. The number of rotatable bonds is 5. The van der Waals surface area contributed by atoms with Crippen LogP contribution in [0.15, 0.2) is 18.2 Å². The molecule has 0 bridgehead atoms. The van der Waals surface area contributed by atoms with Crippen molar-refractivity contribution in [2.75, 3.05) is 26.7 Å². The van der Waals surface area contributed by atoms with Gasteiger partial charge in [-0.1, -0.05) is 0 Å². The molecule has 0 unspecified atom stereocenters. The lowest BCUT2D eigenvalue weighted by Crippen LogP contribution is -2.53. The number of aldehydes is 1. The van der Waals surface area contributed by atoms with Crippen molar-refractivity contribution in [1.29, 1.82) is 0 Å². The second-order valence-electron chi connectivity index (χ2n) is 4.80. The molecular weight excluding hydrogens is 272 g/mol. The number of methoxy groups -OCH3 is 1. The summed E-state index contributed by atoms with van der Waals surface area (Å²) in [6.07, 6.45) is 0.741. The van der Waals surface area contributed by atoms with Crippen molar-refractivity contribution in [3.8, 4) is 5.75 Å². The Bertz CT molecular complexity index is 571. The second kappa shape index (κ2) is 6.39. The molecule has 1 aliphatic rings. The number of hydrogen-bond donors (Lipinski definition) is 0. The molecule has 0 atom stereocenters. The first kappa shape index (κ1) is 15.0. The van der Waals surface area contributed by atoms with Crippen molar-refractivity contribution in [3.63, 3.8) is 0 Å². The van der Waals surface area contributed by atoms with E-state index in [1.165, 1.54) is 16.9 Å². The van der Waals surface area contributed by atoms with Gasteiger partial charge in [-0.25, -0.2) is 0 Å². The van der Waals surface area contributed by atoms with E-state index in [0.29, 0.717) is 36.5 Å². The topological polar surface area (TPSA) is 66.9 Å². The summed E-state index contributed by atoms with van der Waals surface area (Å²) in [4.78, 5) is 37.8. The summed E-state index contributed by atoms with van der Waals surface area (Å²) < 4.78 is 5.24. The molecule has 1 aromatic rings. The molecule has 2 rings (SSSR count). The van der Waals surface area contributed by atoms with Gasteiger partial charge in [0, 0.05) is 37.3 Å². The molecular formula is C15H18N2O4. The Morgan fingerprint density at radius 1 is 1.19 bits per heavy atom. The Morgan fingerprint density at radius 3 is 2.48 bits per heavy atom. The molecule has 2 amide bonds. The fraction of sp³-hybridized carbons (Fsp3) is 0.400. The predicted molar refractivity (Wildman–Crippen MR) is 76.1 cm³/mol. The number of hydrogen-bond acceptors (Lipinski definition) is 4. The molecule has 1 fully saturated rings. The largest absolute Gasteiger partial charge is 0.496 e. The van der Waals surface area contributed by atoms with E-state index in [0.717, 1.165) is 6.29 Å². The smallest absolute Gasteiger partial charge is 0.312 e. The van der Waals surface area contributed by atoms with Crippen LogP contribution >= 0.6 is 0 Å². The van der Waals surface area contributed by atoms with E-state index in [1.807, 2.05) is 6.92 Å². The summed E-state index contributed by atoms with van der Waals surface area (Å²) in [5.41, 5.74) is 1.23. The molecule has 0 aromatic heterocycles. The van der Waals surface area contributed by atoms with Gasteiger partial charge < -0.3 is 14.5 Å². The van der Waals surface area contributed by atoms with E-state index in [4.69, 9.17) is 4.74 Å². The van der Waals surface area contributed by atoms with Crippen molar-refractivity contribution < 1.29 is 19.1 Å². The third kappa shape index (κ3) is 3.04. The highest BCUT2D eigenvalue weighted by Crippen LogP contribution is 2.22. The summed E-state index contributed by atoms with van der Waals surface area (Å²) >= 11 is 0. The fourth-order valence-electron chi connectivity index (χ4n) is 2.37. The molecule has 21 heavy (non-hydrogen) atoms. The standard InChI is InChI=1S/C15H18N2O4/c1-3-16-6-7-17(15(20)14(16)19)9-12-8-11(10-18)4-5-13(12)21-2/h4-5,8,10H,3,6-7,9H2,1-2H3. The van der Waals surface area contributed by atoms with Crippen molar-refractivity contribution in [2.24, 2.45) is 0 Å².